The zero-order valence-corrected chi connectivity index (χ0v) is 12.6. The molecule has 2 amide bonds. The molecular formula is C17H15ClN2O2. The predicted molar refractivity (Wildman–Crippen MR) is 84.9 cm³/mol. The summed E-state index contributed by atoms with van der Waals surface area (Å²) in [5.74, 6) is -0.542. The number of carbonyl (C=O) groups excluding carboxylic acids is 2. The average molecular weight is 315 g/mol. The fraction of sp³-hybridized carbons (Fsp3) is 0.176. The van der Waals surface area contributed by atoms with Gasteiger partial charge in [-0.25, -0.2) is 0 Å². The van der Waals surface area contributed by atoms with Crippen LogP contribution in [0.1, 0.15) is 26.3 Å². The van der Waals surface area contributed by atoms with Gasteiger partial charge in [0.2, 0.25) is 0 Å². The lowest BCUT2D eigenvalue weighted by Gasteiger charge is -2.19. The van der Waals surface area contributed by atoms with Gasteiger partial charge in [0.15, 0.2) is 0 Å². The highest BCUT2D eigenvalue weighted by Gasteiger charge is 2.35. The highest BCUT2D eigenvalue weighted by Crippen LogP contribution is 2.22. The lowest BCUT2D eigenvalue weighted by Crippen LogP contribution is -2.41. The third-order valence-corrected chi connectivity index (χ3v) is 3.96. The molecule has 0 spiro atoms. The zero-order valence-electron chi connectivity index (χ0n) is 11.8. The second kappa shape index (κ2) is 5.91. The molecule has 0 radical (unpaired) electrons. The SMILES string of the molecule is N[C@H](Cc1ccc(Cl)cc1)CN1C(=O)c2ccccc2C1=O. The smallest absolute Gasteiger partial charge is 0.261 e. The van der Waals surface area contributed by atoms with Crippen molar-refractivity contribution in [3.8, 4) is 0 Å². The molecule has 0 unspecified atom stereocenters. The van der Waals surface area contributed by atoms with Gasteiger partial charge in [0.25, 0.3) is 11.8 Å². The quantitative estimate of drug-likeness (QED) is 0.882. The summed E-state index contributed by atoms with van der Waals surface area (Å²) in [6.45, 7) is 0.203. The van der Waals surface area contributed by atoms with Gasteiger partial charge in [-0.1, -0.05) is 35.9 Å². The number of hydrogen-bond acceptors (Lipinski definition) is 3. The van der Waals surface area contributed by atoms with Gasteiger partial charge in [0.05, 0.1) is 11.1 Å². The maximum Gasteiger partial charge on any atom is 0.261 e. The average Bonchev–Trinajstić information content (AvgIpc) is 2.75. The number of hydrogen-bond donors (Lipinski definition) is 1. The molecular weight excluding hydrogens is 300 g/mol. The lowest BCUT2D eigenvalue weighted by atomic mass is 10.1. The van der Waals surface area contributed by atoms with E-state index in [1.54, 1.807) is 36.4 Å². The van der Waals surface area contributed by atoms with E-state index < -0.39 is 0 Å². The summed E-state index contributed by atoms with van der Waals surface area (Å²) in [5.41, 5.74) is 8.03. The molecule has 5 heteroatoms. The van der Waals surface area contributed by atoms with E-state index in [2.05, 4.69) is 0 Å². The molecule has 2 aromatic rings. The Kier molecular flexibility index (Phi) is 3.96. The molecule has 0 fully saturated rings. The summed E-state index contributed by atoms with van der Waals surface area (Å²) in [4.78, 5) is 25.8. The summed E-state index contributed by atoms with van der Waals surface area (Å²) in [6, 6.07) is 13.9. The highest BCUT2D eigenvalue weighted by molar-refractivity contribution is 6.30. The Morgan fingerprint density at radius 1 is 0.955 bits per heavy atom. The van der Waals surface area contributed by atoms with Gasteiger partial charge in [-0.15, -0.1) is 0 Å². The molecule has 0 bridgehead atoms. The van der Waals surface area contributed by atoms with Crippen LogP contribution in [0.4, 0.5) is 0 Å². The number of benzene rings is 2. The van der Waals surface area contributed by atoms with E-state index in [4.69, 9.17) is 17.3 Å². The first-order chi connectivity index (χ1) is 10.6. The molecule has 3 rings (SSSR count). The maximum absolute atomic E-state index is 12.3. The number of amides is 2. The third kappa shape index (κ3) is 2.75. The molecule has 1 heterocycles. The van der Waals surface area contributed by atoms with Crippen LogP contribution in [-0.4, -0.2) is 29.3 Å². The van der Waals surface area contributed by atoms with Crippen molar-refractivity contribution >= 4 is 23.4 Å². The zero-order chi connectivity index (χ0) is 15.7. The number of nitrogens with zero attached hydrogens (tertiary/aromatic N) is 1. The summed E-state index contributed by atoms with van der Waals surface area (Å²) in [6.07, 6.45) is 0.574. The van der Waals surface area contributed by atoms with Crippen molar-refractivity contribution in [2.24, 2.45) is 5.73 Å². The molecule has 112 valence electrons. The van der Waals surface area contributed by atoms with Crippen LogP contribution in [0.15, 0.2) is 48.5 Å². The van der Waals surface area contributed by atoms with Crippen LogP contribution >= 0.6 is 11.6 Å². The first-order valence-electron chi connectivity index (χ1n) is 7.01. The molecule has 1 aliphatic heterocycles. The number of imide groups is 1. The minimum absolute atomic E-state index is 0.203. The first kappa shape index (κ1) is 14.8. The Bertz CT molecular complexity index is 693. The van der Waals surface area contributed by atoms with Crippen LogP contribution < -0.4 is 5.73 Å². The molecule has 1 aliphatic rings. The fourth-order valence-electron chi connectivity index (χ4n) is 2.63. The summed E-state index contributed by atoms with van der Waals surface area (Å²) in [7, 11) is 0. The number of carbonyl (C=O) groups is 2. The van der Waals surface area contributed by atoms with Crippen LogP contribution in [0.3, 0.4) is 0 Å². The topological polar surface area (TPSA) is 63.4 Å². The minimum atomic E-state index is -0.316. The van der Waals surface area contributed by atoms with Gasteiger partial charge < -0.3 is 5.73 Å². The van der Waals surface area contributed by atoms with Gasteiger partial charge in [0.1, 0.15) is 0 Å². The third-order valence-electron chi connectivity index (χ3n) is 3.71. The Balaban J connectivity index is 1.70. The molecule has 2 aromatic carbocycles. The van der Waals surface area contributed by atoms with E-state index in [9.17, 15) is 9.59 Å². The van der Waals surface area contributed by atoms with Gasteiger partial charge in [-0.2, -0.15) is 0 Å². The lowest BCUT2D eigenvalue weighted by molar-refractivity contribution is 0.0644. The van der Waals surface area contributed by atoms with Crippen LogP contribution in [0.2, 0.25) is 5.02 Å². The Hall–Kier alpha value is -2.17. The standard InChI is InChI=1S/C17H15ClN2O2/c18-12-7-5-11(6-8-12)9-13(19)10-20-16(21)14-3-1-2-4-15(14)17(20)22/h1-8,13H,9-10,19H2/t13-/m1/s1. The first-order valence-corrected chi connectivity index (χ1v) is 7.39. The van der Waals surface area contributed by atoms with E-state index in [1.807, 2.05) is 12.1 Å². The van der Waals surface area contributed by atoms with Crippen molar-refractivity contribution in [2.45, 2.75) is 12.5 Å². The van der Waals surface area contributed by atoms with Crippen LogP contribution in [-0.2, 0) is 6.42 Å². The molecule has 1 atom stereocenters. The van der Waals surface area contributed by atoms with Gasteiger partial charge >= 0.3 is 0 Å². The monoisotopic (exact) mass is 314 g/mol. The van der Waals surface area contributed by atoms with E-state index in [1.165, 1.54) is 4.90 Å². The normalized spacial score (nSPS) is 15.1. The molecule has 2 N–H and O–H groups in total. The van der Waals surface area contributed by atoms with Crippen molar-refractivity contribution in [3.63, 3.8) is 0 Å². The van der Waals surface area contributed by atoms with E-state index in [0.29, 0.717) is 22.6 Å². The molecule has 0 saturated heterocycles. The number of halogens is 1. The van der Waals surface area contributed by atoms with Crippen molar-refractivity contribution in [1.29, 1.82) is 0 Å². The fourth-order valence-corrected chi connectivity index (χ4v) is 2.75. The van der Waals surface area contributed by atoms with Crippen LogP contribution in [0.25, 0.3) is 0 Å². The Morgan fingerprint density at radius 2 is 1.50 bits per heavy atom. The minimum Gasteiger partial charge on any atom is -0.326 e. The number of nitrogens with two attached hydrogens (primary N) is 1. The second-order valence-electron chi connectivity index (χ2n) is 5.36. The van der Waals surface area contributed by atoms with Crippen molar-refractivity contribution in [3.05, 3.63) is 70.2 Å². The van der Waals surface area contributed by atoms with Crippen molar-refractivity contribution in [1.82, 2.24) is 4.90 Å². The largest absolute Gasteiger partial charge is 0.326 e. The maximum atomic E-state index is 12.3. The van der Waals surface area contributed by atoms with Crippen molar-refractivity contribution in [2.75, 3.05) is 6.54 Å². The number of rotatable bonds is 4. The van der Waals surface area contributed by atoms with E-state index >= 15 is 0 Å². The summed E-state index contributed by atoms with van der Waals surface area (Å²) >= 11 is 5.85. The molecule has 4 nitrogen and oxygen atoms in total. The van der Waals surface area contributed by atoms with E-state index in [0.717, 1.165) is 5.56 Å². The van der Waals surface area contributed by atoms with Gasteiger partial charge in [-0.3, -0.25) is 14.5 Å². The molecule has 22 heavy (non-hydrogen) atoms. The predicted octanol–water partition coefficient (Wildman–Crippen LogP) is 2.51. The van der Waals surface area contributed by atoms with Crippen LogP contribution in [0, 0.1) is 0 Å². The molecule has 0 aliphatic carbocycles. The second-order valence-corrected chi connectivity index (χ2v) is 5.79. The Labute approximate surface area is 133 Å². The summed E-state index contributed by atoms with van der Waals surface area (Å²) < 4.78 is 0. The molecule has 0 saturated carbocycles. The molecule has 0 aromatic heterocycles. The van der Waals surface area contributed by atoms with Crippen molar-refractivity contribution < 1.29 is 9.59 Å². The van der Waals surface area contributed by atoms with Gasteiger partial charge in [-0.05, 0) is 36.2 Å². The summed E-state index contributed by atoms with van der Waals surface area (Å²) in [5, 5.41) is 0.665. The number of fused-ring (bicyclic) bond motifs is 1. The highest BCUT2D eigenvalue weighted by atomic mass is 35.5. The van der Waals surface area contributed by atoms with Crippen LogP contribution in [0.5, 0.6) is 0 Å². The Morgan fingerprint density at radius 3 is 2.05 bits per heavy atom. The van der Waals surface area contributed by atoms with Gasteiger partial charge in [0, 0.05) is 17.6 Å². The van der Waals surface area contributed by atoms with E-state index in [-0.39, 0.29) is 24.4 Å².